The molecule has 0 amide bonds. The first kappa shape index (κ1) is 12.4. The van der Waals surface area contributed by atoms with Crippen LogP contribution in [-0.4, -0.2) is 23.0 Å². The van der Waals surface area contributed by atoms with E-state index in [0.29, 0.717) is 20.9 Å². The van der Waals surface area contributed by atoms with E-state index in [-0.39, 0.29) is 5.69 Å². The molecule has 1 heterocycles. The van der Waals surface area contributed by atoms with Gasteiger partial charge in [0, 0.05) is 14.1 Å². The third kappa shape index (κ3) is 2.46. The molecule has 0 spiro atoms. The fourth-order valence-electron chi connectivity index (χ4n) is 1.22. The van der Waals surface area contributed by atoms with Gasteiger partial charge in [0.2, 0.25) is 5.13 Å². The topological polar surface area (TPSA) is 38.1 Å². The molecule has 0 bridgehead atoms. The highest BCUT2D eigenvalue weighted by Crippen LogP contribution is 2.25. The molecule has 0 aliphatic heterocycles. The maximum atomic E-state index is 11.7. The lowest BCUT2D eigenvalue weighted by molar-refractivity contribution is 1.02. The summed E-state index contributed by atoms with van der Waals surface area (Å²) in [6, 6.07) is 5.02. The van der Waals surface area contributed by atoms with E-state index in [1.807, 2.05) is 14.1 Å². The van der Waals surface area contributed by atoms with Crippen LogP contribution in [-0.2, 0) is 0 Å². The van der Waals surface area contributed by atoms with Gasteiger partial charge in [-0.2, -0.15) is 4.98 Å². The minimum Gasteiger partial charge on any atom is -0.353 e. The predicted octanol–water partition coefficient (Wildman–Crippen LogP) is 2.67. The SMILES string of the molecule is CN(C)c1nc(=O)n(-c2ccc(Cl)c(Cl)c2)s1. The third-order valence-electron chi connectivity index (χ3n) is 2.06. The molecule has 0 N–H and O–H groups in total. The first-order chi connectivity index (χ1) is 7.99. The van der Waals surface area contributed by atoms with Crippen LogP contribution >= 0.6 is 34.7 Å². The van der Waals surface area contributed by atoms with Crippen molar-refractivity contribution in [1.82, 2.24) is 8.94 Å². The summed E-state index contributed by atoms with van der Waals surface area (Å²) in [5, 5.41) is 1.51. The van der Waals surface area contributed by atoms with Gasteiger partial charge in [-0.25, -0.2) is 8.75 Å². The number of halogens is 2. The van der Waals surface area contributed by atoms with E-state index >= 15 is 0 Å². The second-order valence-electron chi connectivity index (χ2n) is 3.56. The van der Waals surface area contributed by atoms with Crippen molar-refractivity contribution in [3.63, 3.8) is 0 Å². The molecule has 90 valence electrons. The molecule has 0 aliphatic rings. The minimum atomic E-state index is -0.322. The second kappa shape index (κ2) is 4.68. The zero-order valence-electron chi connectivity index (χ0n) is 9.15. The minimum absolute atomic E-state index is 0.322. The Morgan fingerprint density at radius 1 is 1.29 bits per heavy atom. The first-order valence-electron chi connectivity index (χ1n) is 4.72. The van der Waals surface area contributed by atoms with Gasteiger partial charge >= 0.3 is 5.69 Å². The third-order valence-corrected chi connectivity index (χ3v) is 3.97. The van der Waals surface area contributed by atoms with E-state index < -0.39 is 0 Å². The van der Waals surface area contributed by atoms with Crippen LogP contribution in [0.4, 0.5) is 5.13 Å². The van der Waals surface area contributed by atoms with Crippen LogP contribution in [0.1, 0.15) is 0 Å². The summed E-state index contributed by atoms with van der Waals surface area (Å²) >= 11 is 13.0. The van der Waals surface area contributed by atoms with Gasteiger partial charge in [0.25, 0.3) is 0 Å². The maximum absolute atomic E-state index is 11.7. The first-order valence-corrected chi connectivity index (χ1v) is 6.25. The number of hydrogen-bond acceptors (Lipinski definition) is 4. The van der Waals surface area contributed by atoms with Crippen LogP contribution < -0.4 is 10.6 Å². The molecule has 4 nitrogen and oxygen atoms in total. The van der Waals surface area contributed by atoms with E-state index in [4.69, 9.17) is 23.2 Å². The number of aromatic nitrogens is 2. The lowest BCUT2D eigenvalue weighted by atomic mass is 10.3. The van der Waals surface area contributed by atoms with Crippen molar-refractivity contribution < 1.29 is 0 Å². The number of rotatable bonds is 2. The highest BCUT2D eigenvalue weighted by atomic mass is 35.5. The van der Waals surface area contributed by atoms with Gasteiger partial charge < -0.3 is 4.90 Å². The van der Waals surface area contributed by atoms with Crippen LogP contribution in [0.15, 0.2) is 23.0 Å². The van der Waals surface area contributed by atoms with Crippen molar-refractivity contribution in [2.45, 2.75) is 0 Å². The summed E-state index contributed by atoms with van der Waals surface area (Å²) in [5.74, 6) is 0. The molecule has 2 rings (SSSR count). The fraction of sp³-hybridized carbons (Fsp3) is 0.200. The Bertz CT molecular complexity index is 606. The summed E-state index contributed by atoms with van der Waals surface area (Å²) < 4.78 is 1.47. The molecule has 1 aromatic heterocycles. The highest BCUT2D eigenvalue weighted by Gasteiger charge is 2.10. The Balaban J connectivity index is 2.53. The largest absolute Gasteiger partial charge is 0.364 e. The van der Waals surface area contributed by atoms with Crippen molar-refractivity contribution in [3.05, 3.63) is 38.7 Å². The number of benzene rings is 1. The van der Waals surface area contributed by atoms with Crippen LogP contribution in [0.5, 0.6) is 0 Å². The maximum Gasteiger partial charge on any atom is 0.364 e. The smallest absolute Gasteiger partial charge is 0.353 e. The van der Waals surface area contributed by atoms with Crippen molar-refractivity contribution in [1.29, 1.82) is 0 Å². The lowest BCUT2D eigenvalue weighted by Crippen LogP contribution is -2.14. The molecule has 2 aromatic rings. The Hall–Kier alpha value is -1.04. The van der Waals surface area contributed by atoms with E-state index in [0.717, 1.165) is 0 Å². The average molecular weight is 290 g/mol. The molecule has 0 atom stereocenters. The Labute approximate surface area is 112 Å². The van der Waals surface area contributed by atoms with Gasteiger partial charge in [0.05, 0.1) is 15.7 Å². The number of anilines is 1. The van der Waals surface area contributed by atoms with Gasteiger partial charge in [0.1, 0.15) is 0 Å². The van der Waals surface area contributed by atoms with Crippen molar-refractivity contribution in [2.75, 3.05) is 19.0 Å². The van der Waals surface area contributed by atoms with E-state index in [1.54, 1.807) is 23.1 Å². The fourth-order valence-corrected chi connectivity index (χ4v) is 2.30. The van der Waals surface area contributed by atoms with Crippen molar-refractivity contribution in [2.24, 2.45) is 0 Å². The normalized spacial score (nSPS) is 10.6. The van der Waals surface area contributed by atoms with Crippen LogP contribution in [0.25, 0.3) is 5.69 Å². The quantitative estimate of drug-likeness (QED) is 0.853. The summed E-state index contributed by atoms with van der Waals surface area (Å²) in [4.78, 5) is 17.4. The van der Waals surface area contributed by atoms with Crippen molar-refractivity contribution >= 4 is 39.9 Å². The Morgan fingerprint density at radius 3 is 2.53 bits per heavy atom. The van der Waals surface area contributed by atoms with Gasteiger partial charge in [-0.05, 0) is 29.7 Å². The van der Waals surface area contributed by atoms with Crippen LogP contribution in [0.2, 0.25) is 10.0 Å². The monoisotopic (exact) mass is 289 g/mol. The zero-order chi connectivity index (χ0) is 12.6. The standard InChI is InChI=1S/C10H9Cl2N3OS/c1-14(2)10-13-9(16)15(17-10)6-3-4-7(11)8(12)5-6/h3-5H,1-2H3. The molecule has 0 aliphatic carbocycles. The van der Waals surface area contributed by atoms with Crippen LogP contribution in [0.3, 0.4) is 0 Å². The summed E-state index contributed by atoms with van der Waals surface area (Å²) in [7, 11) is 3.66. The molecule has 0 radical (unpaired) electrons. The lowest BCUT2D eigenvalue weighted by Gasteiger charge is -2.05. The van der Waals surface area contributed by atoms with Crippen molar-refractivity contribution in [3.8, 4) is 5.69 Å². The van der Waals surface area contributed by atoms with Gasteiger partial charge in [-0.1, -0.05) is 23.2 Å². The second-order valence-corrected chi connectivity index (χ2v) is 5.28. The summed E-state index contributed by atoms with van der Waals surface area (Å²) in [6.45, 7) is 0. The van der Waals surface area contributed by atoms with Gasteiger partial charge in [0.15, 0.2) is 0 Å². The highest BCUT2D eigenvalue weighted by molar-refractivity contribution is 7.10. The summed E-state index contributed by atoms with van der Waals surface area (Å²) in [6.07, 6.45) is 0. The number of nitrogens with zero attached hydrogens (tertiary/aromatic N) is 3. The summed E-state index contributed by atoms with van der Waals surface area (Å²) in [5.41, 5.74) is 0.340. The molecule has 1 aromatic carbocycles. The zero-order valence-corrected chi connectivity index (χ0v) is 11.5. The van der Waals surface area contributed by atoms with Crippen LogP contribution in [0, 0.1) is 0 Å². The molecule has 0 fully saturated rings. The molecule has 0 saturated heterocycles. The Morgan fingerprint density at radius 2 is 2.00 bits per heavy atom. The van der Waals surface area contributed by atoms with E-state index in [2.05, 4.69) is 4.98 Å². The van der Waals surface area contributed by atoms with Gasteiger partial charge in [-0.3, -0.25) is 0 Å². The van der Waals surface area contributed by atoms with E-state index in [1.165, 1.54) is 15.5 Å². The number of hydrogen-bond donors (Lipinski definition) is 0. The molecule has 7 heteroatoms. The van der Waals surface area contributed by atoms with Gasteiger partial charge in [-0.15, -0.1) is 0 Å². The molecular weight excluding hydrogens is 281 g/mol. The van der Waals surface area contributed by atoms with E-state index in [9.17, 15) is 4.79 Å². The molecule has 0 unspecified atom stereocenters. The molecule has 17 heavy (non-hydrogen) atoms. The molecule has 0 saturated carbocycles. The predicted molar refractivity (Wildman–Crippen MR) is 72.1 cm³/mol. The molecular formula is C10H9Cl2N3OS. The average Bonchev–Trinajstić information content (AvgIpc) is 2.65. The Kier molecular flexibility index (Phi) is 3.42.